The third-order valence-electron chi connectivity index (χ3n) is 7.35. The Hall–Kier alpha value is -2.38. The van der Waals surface area contributed by atoms with Crippen molar-refractivity contribution in [2.24, 2.45) is 11.3 Å². The molecule has 8 heteroatoms. The van der Waals surface area contributed by atoms with Crippen molar-refractivity contribution in [3.8, 4) is 0 Å². The van der Waals surface area contributed by atoms with Gasteiger partial charge in [0.05, 0.1) is 23.8 Å². The highest BCUT2D eigenvalue weighted by Gasteiger charge is 2.51. The number of rotatable bonds is 7. The van der Waals surface area contributed by atoms with Crippen LogP contribution in [0.25, 0.3) is 0 Å². The van der Waals surface area contributed by atoms with E-state index in [4.69, 9.17) is 20.9 Å². The molecule has 2 aliphatic heterocycles. The molecular formula is C26H32ClN3O4. The monoisotopic (exact) mass is 485 g/mol. The number of piperidine rings is 2. The van der Waals surface area contributed by atoms with Gasteiger partial charge in [-0.1, -0.05) is 35.8 Å². The Morgan fingerprint density at radius 1 is 1.29 bits per heavy atom. The maximum Gasteiger partial charge on any atom is 0.292 e. The van der Waals surface area contributed by atoms with Gasteiger partial charge in [0.1, 0.15) is 0 Å². The quantitative estimate of drug-likeness (QED) is 0.583. The number of aromatic nitrogens is 1. The fourth-order valence-corrected chi connectivity index (χ4v) is 5.44. The number of nitrogens with zero attached hydrogens (tertiary/aromatic N) is 3. The van der Waals surface area contributed by atoms with E-state index in [-0.39, 0.29) is 23.7 Å². The van der Waals surface area contributed by atoms with Crippen LogP contribution in [0.4, 0.5) is 0 Å². The van der Waals surface area contributed by atoms with E-state index in [0.29, 0.717) is 50.0 Å². The molecule has 1 saturated carbocycles. The molecule has 0 radical (unpaired) electrons. The number of likely N-dealkylation sites (tertiary alicyclic amines) is 2. The van der Waals surface area contributed by atoms with Crippen molar-refractivity contribution in [1.29, 1.82) is 0 Å². The Morgan fingerprint density at radius 3 is 2.79 bits per heavy atom. The molecule has 2 atom stereocenters. The molecule has 3 fully saturated rings. The lowest BCUT2D eigenvalue weighted by Crippen LogP contribution is -2.61. The van der Waals surface area contributed by atoms with E-state index in [2.05, 4.69) is 5.16 Å². The number of carbonyl (C=O) groups is 2. The van der Waals surface area contributed by atoms with Crippen LogP contribution >= 0.6 is 11.6 Å². The van der Waals surface area contributed by atoms with Crippen LogP contribution in [0.2, 0.25) is 5.02 Å². The van der Waals surface area contributed by atoms with Crippen LogP contribution in [0.3, 0.4) is 0 Å². The van der Waals surface area contributed by atoms with Gasteiger partial charge in [0.15, 0.2) is 0 Å². The molecule has 3 heterocycles. The summed E-state index contributed by atoms with van der Waals surface area (Å²) in [5.74, 6) is 0.841. The third kappa shape index (κ3) is 5.01. The number of carbonyl (C=O) groups excluding carboxylic acids is 2. The van der Waals surface area contributed by atoms with Gasteiger partial charge >= 0.3 is 0 Å². The van der Waals surface area contributed by atoms with E-state index in [1.807, 2.05) is 36.1 Å². The Kier molecular flexibility index (Phi) is 6.67. The highest BCUT2D eigenvalue weighted by atomic mass is 35.5. The molecule has 1 aliphatic carbocycles. The van der Waals surface area contributed by atoms with Crippen LogP contribution < -0.4 is 0 Å². The van der Waals surface area contributed by atoms with Crippen molar-refractivity contribution in [1.82, 2.24) is 15.0 Å². The molecule has 0 N–H and O–H groups in total. The molecule has 2 aromatic rings. The van der Waals surface area contributed by atoms with E-state index in [1.165, 1.54) is 12.8 Å². The van der Waals surface area contributed by atoms with Crippen molar-refractivity contribution in [3.63, 3.8) is 0 Å². The fraction of sp³-hybridized carbons (Fsp3) is 0.577. The largest absolute Gasteiger partial charge is 0.372 e. The number of hydrogen-bond acceptors (Lipinski definition) is 5. The molecule has 3 aliphatic rings. The van der Waals surface area contributed by atoms with Gasteiger partial charge < -0.3 is 19.1 Å². The first-order chi connectivity index (χ1) is 16.5. The highest BCUT2D eigenvalue weighted by Crippen LogP contribution is 2.42. The van der Waals surface area contributed by atoms with Gasteiger partial charge in [-0.3, -0.25) is 9.59 Å². The van der Waals surface area contributed by atoms with Crippen molar-refractivity contribution in [2.75, 3.05) is 26.2 Å². The minimum atomic E-state index is -0.612. The zero-order valence-corrected chi connectivity index (χ0v) is 20.4. The second-order valence-corrected chi connectivity index (χ2v) is 10.5. The van der Waals surface area contributed by atoms with Crippen molar-refractivity contribution in [2.45, 2.75) is 58.2 Å². The molecule has 2 saturated heterocycles. The predicted octanol–water partition coefficient (Wildman–Crippen LogP) is 4.34. The third-order valence-corrected chi connectivity index (χ3v) is 7.61. The van der Waals surface area contributed by atoms with Gasteiger partial charge in [-0.15, -0.1) is 0 Å². The first-order valence-corrected chi connectivity index (χ1v) is 12.7. The minimum Gasteiger partial charge on any atom is -0.372 e. The van der Waals surface area contributed by atoms with Crippen LogP contribution in [-0.2, 0) is 22.6 Å². The summed E-state index contributed by atoms with van der Waals surface area (Å²) >= 11 is 6.01. The molecule has 1 aromatic heterocycles. The van der Waals surface area contributed by atoms with Gasteiger partial charge in [-0.05, 0) is 62.1 Å². The lowest BCUT2D eigenvalue weighted by Gasteiger charge is -2.49. The smallest absolute Gasteiger partial charge is 0.292 e. The fourth-order valence-electron chi connectivity index (χ4n) is 5.31. The van der Waals surface area contributed by atoms with E-state index < -0.39 is 5.41 Å². The summed E-state index contributed by atoms with van der Waals surface area (Å²) < 4.78 is 11.6. The Labute approximate surface area is 205 Å². The number of benzene rings is 1. The van der Waals surface area contributed by atoms with Gasteiger partial charge in [0.2, 0.25) is 11.7 Å². The Morgan fingerprint density at radius 2 is 2.09 bits per heavy atom. The first-order valence-electron chi connectivity index (χ1n) is 12.4. The Balaban J connectivity index is 1.32. The average Bonchev–Trinajstić information content (AvgIpc) is 3.53. The molecule has 5 rings (SSSR count). The van der Waals surface area contributed by atoms with Crippen LogP contribution in [0.15, 0.2) is 34.9 Å². The molecule has 34 heavy (non-hydrogen) atoms. The summed E-state index contributed by atoms with van der Waals surface area (Å²) in [4.78, 5) is 30.7. The van der Waals surface area contributed by atoms with Crippen molar-refractivity contribution >= 4 is 23.4 Å². The van der Waals surface area contributed by atoms with Gasteiger partial charge in [-0.2, -0.15) is 0 Å². The van der Waals surface area contributed by atoms with Gasteiger partial charge in [-0.25, -0.2) is 0 Å². The number of ether oxygens (including phenoxy) is 1. The van der Waals surface area contributed by atoms with Crippen LogP contribution in [0.1, 0.15) is 60.8 Å². The lowest BCUT2D eigenvalue weighted by atomic mass is 9.72. The van der Waals surface area contributed by atoms with Crippen molar-refractivity contribution < 1.29 is 18.8 Å². The SMILES string of the molecule is CCc1cc(C(=O)N2CCC[C@@]3(C[C@H](OCc4ccc(Cl)cc4)CN(CC4CC4)C3=O)C2)on1. The minimum absolute atomic E-state index is 0.0702. The van der Waals surface area contributed by atoms with Crippen LogP contribution in [0, 0.1) is 11.3 Å². The molecule has 1 aromatic carbocycles. The number of hydrogen-bond donors (Lipinski definition) is 0. The topological polar surface area (TPSA) is 75.9 Å². The predicted molar refractivity (Wildman–Crippen MR) is 127 cm³/mol. The normalized spacial score (nSPS) is 25.2. The summed E-state index contributed by atoms with van der Waals surface area (Å²) in [5.41, 5.74) is 1.20. The second-order valence-electron chi connectivity index (χ2n) is 10.1. The van der Waals surface area contributed by atoms with E-state index in [0.717, 1.165) is 30.6 Å². The summed E-state index contributed by atoms with van der Waals surface area (Å²) in [5, 5.41) is 4.67. The lowest BCUT2D eigenvalue weighted by molar-refractivity contribution is -0.160. The molecule has 7 nitrogen and oxygen atoms in total. The maximum absolute atomic E-state index is 13.8. The highest BCUT2D eigenvalue weighted by molar-refractivity contribution is 6.30. The molecule has 182 valence electrons. The van der Waals surface area contributed by atoms with Crippen LogP contribution in [-0.4, -0.2) is 59.1 Å². The summed E-state index contributed by atoms with van der Waals surface area (Å²) in [6.07, 6.45) is 5.19. The summed E-state index contributed by atoms with van der Waals surface area (Å²) in [6, 6.07) is 9.38. The molecule has 2 amide bonds. The van der Waals surface area contributed by atoms with Gasteiger partial charge in [0, 0.05) is 37.3 Å². The summed E-state index contributed by atoms with van der Waals surface area (Å²) in [6.45, 7) is 4.87. The molecular weight excluding hydrogens is 454 g/mol. The average molecular weight is 486 g/mol. The zero-order chi connectivity index (χ0) is 23.7. The number of aryl methyl sites for hydroxylation is 1. The second kappa shape index (κ2) is 9.70. The van der Waals surface area contributed by atoms with E-state index in [9.17, 15) is 9.59 Å². The zero-order valence-electron chi connectivity index (χ0n) is 19.7. The van der Waals surface area contributed by atoms with Crippen molar-refractivity contribution in [3.05, 3.63) is 52.4 Å². The number of amides is 2. The number of halogens is 1. The van der Waals surface area contributed by atoms with E-state index in [1.54, 1.807) is 11.0 Å². The Bertz CT molecular complexity index is 1030. The summed E-state index contributed by atoms with van der Waals surface area (Å²) in [7, 11) is 0. The van der Waals surface area contributed by atoms with E-state index >= 15 is 0 Å². The molecule has 0 unspecified atom stereocenters. The molecule has 1 spiro atoms. The first kappa shape index (κ1) is 23.4. The van der Waals surface area contributed by atoms with Crippen LogP contribution in [0.5, 0.6) is 0 Å². The standard InChI is InChI=1S/C26H32ClN3O4/c1-2-21-12-23(34-28-21)24(31)29-11-3-10-26(17-29)13-22(15-30(25(26)32)14-18-4-5-18)33-16-19-6-8-20(27)9-7-19/h6-9,12,18,22H,2-5,10-11,13-17H2,1H3/t22-,26+/m0/s1. The van der Waals surface area contributed by atoms with Gasteiger partial charge in [0.25, 0.3) is 5.91 Å². The molecule has 0 bridgehead atoms. The maximum atomic E-state index is 13.8.